The molecule has 170 valence electrons. The minimum atomic E-state index is -0.827. The van der Waals surface area contributed by atoms with Gasteiger partial charge in [-0.1, -0.05) is 37.6 Å². The Morgan fingerprint density at radius 2 is 1.94 bits per heavy atom. The zero-order chi connectivity index (χ0) is 23.4. The van der Waals surface area contributed by atoms with E-state index < -0.39 is 17.7 Å². The molecule has 1 amide bonds. The van der Waals surface area contributed by atoms with Gasteiger partial charge in [0.2, 0.25) is 0 Å². The van der Waals surface area contributed by atoms with E-state index in [0.717, 1.165) is 12.8 Å². The number of aliphatic hydroxyl groups excluding tert-OH is 1. The molecule has 33 heavy (non-hydrogen) atoms. The number of hydrogen-bond acceptors (Lipinski definition) is 7. The van der Waals surface area contributed by atoms with E-state index in [2.05, 4.69) is 11.9 Å². The minimum Gasteiger partial charge on any atom is -0.507 e. The number of nitrogens with zero attached hydrogens (tertiary/aromatic N) is 2. The number of aliphatic hydroxyl groups is 1. The summed E-state index contributed by atoms with van der Waals surface area (Å²) >= 11 is 1.25. The van der Waals surface area contributed by atoms with Crippen molar-refractivity contribution in [3.63, 3.8) is 0 Å². The number of thiazole rings is 1. The summed E-state index contributed by atoms with van der Waals surface area (Å²) in [5.41, 5.74) is 1.06. The van der Waals surface area contributed by atoms with Gasteiger partial charge in [0.25, 0.3) is 5.78 Å². The number of aromatic nitrogens is 1. The van der Waals surface area contributed by atoms with Gasteiger partial charge in [0.05, 0.1) is 25.3 Å². The number of ketones is 1. The highest BCUT2D eigenvalue weighted by atomic mass is 32.1. The number of unbranched alkanes of at least 4 members (excludes halogenated alkanes) is 1. The summed E-state index contributed by atoms with van der Waals surface area (Å²) in [5.74, 6) is -0.526. The van der Waals surface area contributed by atoms with Crippen LogP contribution in [0.25, 0.3) is 5.76 Å². The molecule has 1 aliphatic heterocycles. The first-order valence-corrected chi connectivity index (χ1v) is 11.5. The largest absolute Gasteiger partial charge is 0.507 e. The van der Waals surface area contributed by atoms with E-state index in [-0.39, 0.29) is 11.3 Å². The number of hydrogen-bond donors (Lipinski definition) is 1. The van der Waals surface area contributed by atoms with Crippen LogP contribution in [0.5, 0.6) is 11.5 Å². The zero-order valence-corrected chi connectivity index (χ0v) is 19.2. The molecule has 3 aromatic rings. The lowest BCUT2D eigenvalue weighted by Gasteiger charge is -2.23. The van der Waals surface area contributed by atoms with Crippen molar-refractivity contribution in [3.8, 4) is 11.5 Å². The van der Waals surface area contributed by atoms with Gasteiger partial charge in [0.1, 0.15) is 17.3 Å². The van der Waals surface area contributed by atoms with Gasteiger partial charge in [0, 0.05) is 17.1 Å². The molecule has 0 saturated carbocycles. The van der Waals surface area contributed by atoms with Crippen LogP contribution >= 0.6 is 11.3 Å². The van der Waals surface area contributed by atoms with E-state index >= 15 is 0 Å². The fraction of sp³-hybridized carbons (Fsp3) is 0.240. The van der Waals surface area contributed by atoms with Crippen LogP contribution in [0.15, 0.2) is 65.7 Å². The number of methoxy groups -OCH3 is 1. The molecular formula is C25H24N2O5S. The van der Waals surface area contributed by atoms with Crippen LogP contribution < -0.4 is 14.4 Å². The highest BCUT2D eigenvalue weighted by Crippen LogP contribution is 2.43. The summed E-state index contributed by atoms with van der Waals surface area (Å²) in [4.78, 5) is 31.8. The first kappa shape index (κ1) is 22.5. The second kappa shape index (κ2) is 9.87. The van der Waals surface area contributed by atoms with Crippen LogP contribution in [0.1, 0.15) is 36.9 Å². The van der Waals surface area contributed by atoms with Crippen LogP contribution in [0.2, 0.25) is 0 Å². The number of rotatable bonds is 8. The average Bonchev–Trinajstić information content (AvgIpc) is 3.46. The van der Waals surface area contributed by atoms with E-state index in [9.17, 15) is 14.7 Å². The van der Waals surface area contributed by atoms with Gasteiger partial charge in [-0.05, 0) is 36.2 Å². The Hall–Kier alpha value is -3.65. The smallest absolute Gasteiger partial charge is 0.301 e. The molecule has 4 rings (SSSR count). The quantitative estimate of drug-likeness (QED) is 0.219. The van der Waals surface area contributed by atoms with Crippen molar-refractivity contribution in [1.82, 2.24) is 4.98 Å². The van der Waals surface area contributed by atoms with Crippen LogP contribution in [-0.2, 0) is 9.59 Å². The fourth-order valence-electron chi connectivity index (χ4n) is 3.69. The van der Waals surface area contributed by atoms with E-state index in [0.29, 0.717) is 34.4 Å². The lowest BCUT2D eigenvalue weighted by Crippen LogP contribution is -2.29. The molecule has 7 nitrogen and oxygen atoms in total. The third-order valence-corrected chi connectivity index (χ3v) is 6.15. The van der Waals surface area contributed by atoms with Gasteiger partial charge in [-0.25, -0.2) is 4.98 Å². The molecule has 1 aromatic heterocycles. The van der Waals surface area contributed by atoms with Crippen molar-refractivity contribution >= 4 is 33.9 Å². The van der Waals surface area contributed by atoms with Crippen LogP contribution in [0, 0.1) is 0 Å². The number of Topliss-reactive ketones (excluding diaryl/α,β-unsaturated/α-hetero) is 1. The van der Waals surface area contributed by atoms with Crippen LogP contribution in [-0.4, -0.2) is 35.5 Å². The number of carbonyl (C=O) groups excluding carboxylic acids is 2. The monoisotopic (exact) mass is 464 g/mol. The third kappa shape index (κ3) is 4.47. The molecule has 0 aliphatic carbocycles. The van der Waals surface area contributed by atoms with Crippen molar-refractivity contribution in [3.05, 3.63) is 76.8 Å². The standard InChI is InChI=1S/C25H24N2O5S/c1-3-4-13-32-19-7-5-6-17(15-19)22(28)20-21(16-8-10-18(31-2)11-9-16)27(24(30)23(20)29)25-26-12-14-33-25/h5-12,14-15,21,28H,3-4,13H2,1-2H3/b22-20+. The SMILES string of the molecule is CCCCOc1cccc(/C(O)=C2\C(=O)C(=O)N(c3nccs3)C2c2ccc(OC)cc2)c1. The maximum absolute atomic E-state index is 13.1. The first-order chi connectivity index (χ1) is 16.0. The van der Waals surface area contributed by atoms with Crippen LogP contribution in [0.3, 0.4) is 0 Å². The molecule has 1 fully saturated rings. The topological polar surface area (TPSA) is 89.0 Å². The molecule has 0 bridgehead atoms. The predicted octanol–water partition coefficient (Wildman–Crippen LogP) is 4.96. The first-order valence-electron chi connectivity index (χ1n) is 10.6. The van der Waals surface area contributed by atoms with Gasteiger partial charge in [-0.15, -0.1) is 11.3 Å². The van der Waals surface area contributed by atoms with Gasteiger partial charge >= 0.3 is 5.91 Å². The average molecular weight is 465 g/mol. The van der Waals surface area contributed by atoms with E-state index in [1.165, 1.54) is 16.2 Å². The van der Waals surface area contributed by atoms with E-state index in [1.807, 2.05) is 0 Å². The Morgan fingerprint density at radius 1 is 1.15 bits per heavy atom. The second-order valence-electron chi connectivity index (χ2n) is 7.49. The highest BCUT2D eigenvalue weighted by molar-refractivity contribution is 7.14. The van der Waals surface area contributed by atoms with Crippen LogP contribution in [0.4, 0.5) is 5.13 Å². The third-order valence-electron chi connectivity index (χ3n) is 5.38. The fourth-order valence-corrected chi connectivity index (χ4v) is 4.36. The molecule has 1 aliphatic rings. The lowest BCUT2D eigenvalue weighted by molar-refractivity contribution is -0.132. The van der Waals surface area contributed by atoms with Crippen molar-refractivity contribution in [2.45, 2.75) is 25.8 Å². The Balaban J connectivity index is 1.81. The van der Waals surface area contributed by atoms with E-state index in [4.69, 9.17) is 9.47 Å². The lowest BCUT2D eigenvalue weighted by atomic mass is 9.95. The van der Waals surface area contributed by atoms with E-state index in [1.54, 1.807) is 67.2 Å². The molecule has 2 aromatic carbocycles. The molecule has 1 N–H and O–H groups in total. The zero-order valence-electron chi connectivity index (χ0n) is 18.4. The second-order valence-corrected chi connectivity index (χ2v) is 8.36. The molecule has 0 radical (unpaired) electrons. The van der Waals surface area contributed by atoms with Gasteiger partial charge in [-0.2, -0.15) is 0 Å². The van der Waals surface area contributed by atoms with Gasteiger partial charge in [-0.3, -0.25) is 14.5 Å². The van der Waals surface area contributed by atoms with Gasteiger partial charge in [0.15, 0.2) is 5.13 Å². The number of ether oxygens (including phenoxy) is 2. The molecular weight excluding hydrogens is 440 g/mol. The summed E-state index contributed by atoms with van der Waals surface area (Å²) in [7, 11) is 1.56. The van der Waals surface area contributed by atoms with Gasteiger partial charge < -0.3 is 14.6 Å². The molecule has 1 atom stereocenters. The van der Waals surface area contributed by atoms with Crippen molar-refractivity contribution in [2.75, 3.05) is 18.6 Å². The molecule has 1 saturated heterocycles. The Kier molecular flexibility index (Phi) is 6.74. The summed E-state index contributed by atoms with van der Waals surface area (Å²) in [6, 6.07) is 13.1. The molecule has 0 spiro atoms. The van der Waals surface area contributed by atoms with Crippen molar-refractivity contribution < 1.29 is 24.2 Å². The minimum absolute atomic E-state index is 0.00563. The van der Waals surface area contributed by atoms with Crippen molar-refractivity contribution in [2.24, 2.45) is 0 Å². The Bertz CT molecular complexity index is 1170. The number of carbonyl (C=O) groups is 2. The summed E-state index contributed by atoms with van der Waals surface area (Å²) in [6.07, 6.45) is 3.48. The molecule has 8 heteroatoms. The number of amides is 1. The number of anilines is 1. The highest BCUT2D eigenvalue weighted by Gasteiger charge is 2.48. The Morgan fingerprint density at radius 3 is 2.61 bits per heavy atom. The predicted molar refractivity (Wildman–Crippen MR) is 127 cm³/mol. The summed E-state index contributed by atoms with van der Waals surface area (Å²) < 4.78 is 11.0. The Labute approximate surface area is 195 Å². The molecule has 2 heterocycles. The number of benzene rings is 2. The maximum Gasteiger partial charge on any atom is 0.301 e. The normalized spacial score (nSPS) is 17.4. The summed E-state index contributed by atoms with van der Waals surface area (Å²) in [5, 5.41) is 13.4. The summed E-state index contributed by atoms with van der Waals surface area (Å²) in [6.45, 7) is 2.63. The molecule has 1 unspecified atom stereocenters. The van der Waals surface area contributed by atoms with Crippen molar-refractivity contribution in [1.29, 1.82) is 0 Å². The maximum atomic E-state index is 13.1.